The number of fused-ring (bicyclic) bond motifs is 10. The Morgan fingerprint density at radius 2 is 1.05 bits per heavy atom. The van der Waals surface area contributed by atoms with E-state index in [1.807, 2.05) is 12.3 Å². The summed E-state index contributed by atoms with van der Waals surface area (Å²) in [6, 6.07) is 49.4. The first-order chi connectivity index (χ1) is 20.9. The normalized spacial score (nSPS) is 12.2. The van der Waals surface area contributed by atoms with E-state index in [4.69, 9.17) is 9.97 Å². The van der Waals surface area contributed by atoms with Gasteiger partial charge in [-0.05, 0) is 52.2 Å². The molecule has 6 aromatic carbocycles. The highest BCUT2D eigenvalue weighted by molar-refractivity contribution is 6.21. The minimum atomic E-state index is 0.644. The average Bonchev–Trinajstić information content (AvgIpc) is 3.34. The molecule has 0 unspecified atom stereocenters. The second-order valence-corrected chi connectivity index (χ2v) is 10.7. The number of rotatable bonds is 2. The molecule has 1 aliphatic heterocycles. The van der Waals surface area contributed by atoms with Crippen LogP contribution in [-0.4, -0.2) is 14.5 Å². The van der Waals surface area contributed by atoms with Crippen LogP contribution in [-0.2, 0) is 0 Å². The lowest BCUT2D eigenvalue weighted by atomic mass is 9.95. The van der Waals surface area contributed by atoms with Crippen LogP contribution >= 0.6 is 0 Å². The number of benzene rings is 6. The van der Waals surface area contributed by atoms with Crippen LogP contribution in [0.2, 0.25) is 0 Å². The molecule has 0 radical (unpaired) electrons. The van der Waals surface area contributed by atoms with E-state index < -0.39 is 0 Å². The minimum absolute atomic E-state index is 0.644. The molecule has 2 aromatic heterocycles. The van der Waals surface area contributed by atoms with Crippen LogP contribution in [0.15, 0.2) is 146 Å². The van der Waals surface area contributed by atoms with Gasteiger partial charge in [-0.3, -0.25) is 9.47 Å². The first-order valence-electron chi connectivity index (χ1n) is 14.2. The second kappa shape index (κ2) is 8.88. The van der Waals surface area contributed by atoms with E-state index >= 15 is 0 Å². The summed E-state index contributed by atoms with van der Waals surface area (Å²) in [5.41, 5.74) is 9.14. The number of anilines is 3. The minimum Gasteiger partial charge on any atom is -0.294 e. The Balaban J connectivity index is 1.33. The molecule has 0 saturated carbocycles. The van der Waals surface area contributed by atoms with E-state index in [2.05, 4.69) is 143 Å². The lowest BCUT2D eigenvalue weighted by molar-refractivity contribution is 0.978. The molecule has 1 aliphatic rings. The molecule has 196 valence electrons. The van der Waals surface area contributed by atoms with E-state index in [-0.39, 0.29) is 0 Å². The average molecular weight is 537 g/mol. The van der Waals surface area contributed by atoms with Crippen LogP contribution in [0.1, 0.15) is 0 Å². The highest BCUT2D eigenvalue weighted by Crippen LogP contribution is 2.50. The Morgan fingerprint density at radius 3 is 1.79 bits per heavy atom. The lowest BCUT2D eigenvalue weighted by Gasteiger charge is -2.26. The summed E-state index contributed by atoms with van der Waals surface area (Å²) >= 11 is 0. The number of aromatic nitrogens is 3. The highest BCUT2D eigenvalue weighted by Gasteiger charge is 2.27. The van der Waals surface area contributed by atoms with E-state index in [1.54, 1.807) is 0 Å². The van der Waals surface area contributed by atoms with Crippen molar-refractivity contribution in [1.82, 2.24) is 14.5 Å². The predicted molar refractivity (Wildman–Crippen MR) is 173 cm³/mol. The smallest absolute Gasteiger partial charge is 0.236 e. The number of nitrogens with zero attached hydrogens (tertiary/aromatic N) is 4. The number of hydrogen-bond donors (Lipinski definition) is 0. The topological polar surface area (TPSA) is 34.0 Å². The molecule has 0 aliphatic carbocycles. The monoisotopic (exact) mass is 536 g/mol. The molecule has 8 aromatic rings. The fourth-order valence-electron chi connectivity index (χ4n) is 6.65. The van der Waals surface area contributed by atoms with Crippen molar-refractivity contribution in [3.63, 3.8) is 0 Å². The maximum atomic E-state index is 5.30. The Hall–Kier alpha value is -5.74. The zero-order valence-electron chi connectivity index (χ0n) is 22.6. The molecule has 0 spiro atoms. The largest absolute Gasteiger partial charge is 0.294 e. The van der Waals surface area contributed by atoms with Crippen molar-refractivity contribution in [1.29, 1.82) is 0 Å². The van der Waals surface area contributed by atoms with Gasteiger partial charge in [-0.15, -0.1) is 0 Å². The lowest BCUT2D eigenvalue weighted by Crippen LogP contribution is -2.14. The van der Waals surface area contributed by atoms with Gasteiger partial charge in [0.1, 0.15) is 5.82 Å². The molecule has 0 saturated heterocycles. The molecular formula is C38H24N4. The SMILES string of the molecule is c1ccc2c(c1)-c1ccccc1N(c1ccnc(-n3c4ccccc4c4c5ccccc5ccc43)n1)c1ccccc1-2. The van der Waals surface area contributed by atoms with Gasteiger partial charge in [0.15, 0.2) is 0 Å². The zero-order valence-corrected chi connectivity index (χ0v) is 22.6. The van der Waals surface area contributed by atoms with Gasteiger partial charge in [0.25, 0.3) is 0 Å². The van der Waals surface area contributed by atoms with Crippen LogP contribution in [0.4, 0.5) is 17.2 Å². The third-order valence-electron chi connectivity index (χ3n) is 8.42. The summed E-state index contributed by atoms with van der Waals surface area (Å²) in [5, 5.41) is 4.87. The molecule has 0 N–H and O–H groups in total. The number of hydrogen-bond acceptors (Lipinski definition) is 3. The number of para-hydroxylation sites is 3. The standard InChI is InChI=1S/C38H24N4/c1-2-12-26-25(11-1)21-22-35-37(26)31-17-7-10-20-34(31)42(35)38-39-24-23-36(40-38)41-32-18-8-5-15-29(32)27-13-3-4-14-28(27)30-16-6-9-19-33(30)41/h1-24H. The van der Waals surface area contributed by atoms with Gasteiger partial charge >= 0.3 is 0 Å². The van der Waals surface area contributed by atoms with Gasteiger partial charge in [-0.1, -0.05) is 109 Å². The molecule has 9 rings (SSSR count). The first-order valence-corrected chi connectivity index (χ1v) is 14.2. The van der Waals surface area contributed by atoms with Crippen molar-refractivity contribution in [3.05, 3.63) is 146 Å². The van der Waals surface area contributed by atoms with Crippen LogP contribution in [0.25, 0.3) is 60.8 Å². The maximum absolute atomic E-state index is 5.30. The summed E-state index contributed by atoms with van der Waals surface area (Å²) in [5.74, 6) is 1.46. The molecule has 0 atom stereocenters. The molecule has 0 bridgehead atoms. The Bertz CT molecular complexity index is 2260. The summed E-state index contributed by atoms with van der Waals surface area (Å²) in [4.78, 5) is 12.4. The van der Waals surface area contributed by atoms with E-state index in [1.165, 1.54) is 43.8 Å². The van der Waals surface area contributed by atoms with Gasteiger partial charge in [0.2, 0.25) is 5.95 Å². The molecular weight excluding hydrogens is 512 g/mol. The molecule has 4 heteroatoms. The maximum Gasteiger partial charge on any atom is 0.236 e. The predicted octanol–water partition coefficient (Wildman–Crippen LogP) is 9.84. The molecule has 4 nitrogen and oxygen atoms in total. The first kappa shape index (κ1) is 23.0. The van der Waals surface area contributed by atoms with Crippen LogP contribution < -0.4 is 4.90 Å². The van der Waals surface area contributed by atoms with Crippen LogP contribution in [0, 0.1) is 0 Å². The van der Waals surface area contributed by atoms with Crippen LogP contribution in [0.5, 0.6) is 0 Å². The Kier molecular flexibility index (Phi) is 4.87. The summed E-state index contributed by atoms with van der Waals surface area (Å²) in [7, 11) is 0. The van der Waals surface area contributed by atoms with Crippen molar-refractivity contribution >= 4 is 49.8 Å². The van der Waals surface area contributed by atoms with E-state index in [9.17, 15) is 0 Å². The quantitative estimate of drug-likeness (QED) is 0.220. The van der Waals surface area contributed by atoms with Crippen molar-refractivity contribution < 1.29 is 0 Å². The molecule has 0 amide bonds. The summed E-state index contributed by atoms with van der Waals surface area (Å²) < 4.78 is 2.20. The van der Waals surface area contributed by atoms with Gasteiger partial charge in [-0.25, -0.2) is 4.98 Å². The van der Waals surface area contributed by atoms with Crippen molar-refractivity contribution in [3.8, 4) is 28.2 Å². The van der Waals surface area contributed by atoms with Crippen molar-refractivity contribution in [2.75, 3.05) is 4.90 Å². The van der Waals surface area contributed by atoms with E-state index in [0.717, 1.165) is 28.2 Å². The van der Waals surface area contributed by atoms with Gasteiger partial charge in [-0.2, -0.15) is 4.98 Å². The third-order valence-corrected chi connectivity index (χ3v) is 8.42. The summed E-state index contributed by atoms with van der Waals surface area (Å²) in [6.07, 6.45) is 1.88. The van der Waals surface area contributed by atoms with E-state index in [0.29, 0.717) is 5.95 Å². The fraction of sp³-hybridized carbons (Fsp3) is 0. The molecule has 3 heterocycles. The highest BCUT2D eigenvalue weighted by atomic mass is 15.3. The Morgan fingerprint density at radius 1 is 0.452 bits per heavy atom. The van der Waals surface area contributed by atoms with Gasteiger partial charge in [0, 0.05) is 28.1 Å². The summed E-state index contributed by atoms with van der Waals surface area (Å²) in [6.45, 7) is 0. The van der Waals surface area contributed by atoms with Crippen molar-refractivity contribution in [2.45, 2.75) is 0 Å². The zero-order chi connectivity index (χ0) is 27.6. The fourth-order valence-corrected chi connectivity index (χ4v) is 6.65. The Labute approximate surface area is 242 Å². The molecule has 0 fully saturated rings. The van der Waals surface area contributed by atoms with Crippen molar-refractivity contribution in [2.24, 2.45) is 0 Å². The third kappa shape index (κ3) is 3.23. The molecule has 42 heavy (non-hydrogen) atoms. The van der Waals surface area contributed by atoms with Crippen LogP contribution in [0.3, 0.4) is 0 Å². The second-order valence-electron chi connectivity index (χ2n) is 10.7. The van der Waals surface area contributed by atoms with Gasteiger partial charge < -0.3 is 0 Å². The van der Waals surface area contributed by atoms with Gasteiger partial charge in [0.05, 0.1) is 22.4 Å².